The zero-order valence-electron chi connectivity index (χ0n) is 14.4. The summed E-state index contributed by atoms with van der Waals surface area (Å²) in [5.41, 5.74) is 4.23. The summed E-state index contributed by atoms with van der Waals surface area (Å²) < 4.78 is 0. The molecule has 0 N–H and O–H groups in total. The van der Waals surface area contributed by atoms with E-state index in [-0.39, 0.29) is 11.7 Å². The van der Waals surface area contributed by atoms with Crippen molar-refractivity contribution in [2.24, 2.45) is 0 Å². The second-order valence-corrected chi connectivity index (χ2v) is 6.96. The average molecular weight is 330 g/mol. The number of aromatic nitrogens is 1. The minimum absolute atomic E-state index is 0.138. The van der Waals surface area contributed by atoms with Crippen molar-refractivity contribution in [2.75, 3.05) is 4.90 Å². The maximum Gasteiger partial charge on any atom is 0.259 e. The lowest BCUT2D eigenvalue weighted by atomic mass is 9.89. The Bertz CT molecular complexity index is 969. The van der Waals surface area contributed by atoms with E-state index in [0.29, 0.717) is 11.3 Å². The highest BCUT2D eigenvalue weighted by molar-refractivity contribution is 6.37. The fourth-order valence-electron chi connectivity index (χ4n) is 3.73. The van der Waals surface area contributed by atoms with Crippen LogP contribution in [-0.4, -0.2) is 22.2 Å². The highest BCUT2D eigenvalue weighted by Gasteiger charge is 2.44. The van der Waals surface area contributed by atoms with Gasteiger partial charge in [0.15, 0.2) is 0 Å². The number of ketones is 1. The molecule has 2 aromatic rings. The number of allylic oxidation sites excluding steroid dienone is 2. The number of anilines is 1. The van der Waals surface area contributed by atoms with Gasteiger partial charge in [0, 0.05) is 23.4 Å². The Morgan fingerprint density at radius 2 is 1.88 bits per heavy atom. The van der Waals surface area contributed by atoms with Crippen molar-refractivity contribution < 1.29 is 9.59 Å². The van der Waals surface area contributed by atoms with E-state index in [4.69, 9.17) is 0 Å². The third-order valence-corrected chi connectivity index (χ3v) is 4.75. The molecule has 4 rings (SSSR count). The fraction of sp³-hybridized carbons (Fsp3) is 0.190. The number of para-hydroxylation sites is 1. The van der Waals surface area contributed by atoms with Crippen molar-refractivity contribution in [2.45, 2.75) is 26.3 Å². The van der Waals surface area contributed by atoms with Crippen molar-refractivity contribution in [3.8, 4) is 0 Å². The van der Waals surface area contributed by atoms with E-state index >= 15 is 0 Å². The smallest absolute Gasteiger partial charge is 0.259 e. The highest BCUT2D eigenvalue weighted by atomic mass is 16.2. The molecule has 0 unspecified atom stereocenters. The summed E-state index contributed by atoms with van der Waals surface area (Å²) in [5, 5.41) is 0. The zero-order chi connectivity index (χ0) is 17.8. The Balaban J connectivity index is 1.89. The number of nitrogens with zero attached hydrogens (tertiary/aromatic N) is 2. The van der Waals surface area contributed by atoms with E-state index in [2.05, 4.69) is 18.0 Å². The molecule has 1 aromatic heterocycles. The first kappa shape index (κ1) is 15.5. The van der Waals surface area contributed by atoms with Gasteiger partial charge >= 0.3 is 0 Å². The highest BCUT2D eigenvalue weighted by Crippen LogP contribution is 2.48. The first-order valence-corrected chi connectivity index (χ1v) is 8.25. The van der Waals surface area contributed by atoms with Gasteiger partial charge < -0.3 is 0 Å². The average Bonchev–Trinajstić information content (AvgIpc) is 2.87. The number of hydrogen-bond acceptors (Lipinski definition) is 3. The standard InChI is InChI=1S/C21H18N2O2/c1-13-12-21(2,3)23-19-14(13)7-6-8-15(19)16(20(23)25)11-18(24)17-9-4-5-10-22-17/h4-12H,1-3H3. The lowest BCUT2D eigenvalue weighted by Gasteiger charge is -2.38. The molecule has 0 spiro atoms. The van der Waals surface area contributed by atoms with Crippen LogP contribution in [-0.2, 0) is 4.79 Å². The normalized spacial score (nSPS) is 19.0. The van der Waals surface area contributed by atoms with Crippen molar-refractivity contribution in [3.05, 3.63) is 71.6 Å². The Morgan fingerprint density at radius 3 is 2.60 bits per heavy atom. The molecule has 4 heteroatoms. The molecule has 0 radical (unpaired) electrons. The van der Waals surface area contributed by atoms with Crippen LogP contribution in [0.25, 0.3) is 11.1 Å². The molecule has 2 aliphatic rings. The third-order valence-electron chi connectivity index (χ3n) is 4.75. The van der Waals surface area contributed by atoms with Crippen LogP contribution in [0.1, 0.15) is 42.4 Å². The maximum atomic E-state index is 13.1. The van der Waals surface area contributed by atoms with Gasteiger partial charge in [-0.2, -0.15) is 0 Å². The topological polar surface area (TPSA) is 50.3 Å². The van der Waals surface area contributed by atoms with Crippen molar-refractivity contribution in [1.29, 1.82) is 0 Å². The molecule has 25 heavy (non-hydrogen) atoms. The second kappa shape index (κ2) is 5.24. The predicted octanol–water partition coefficient (Wildman–Crippen LogP) is 3.89. The van der Waals surface area contributed by atoms with Crippen molar-refractivity contribution in [3.63, 3.8) is 0 Å². The van der Waals surface area contributed by atoms with Gasteiger partial charge in [-0.25, -0.2) is 0 Å². The molecule has 0 fully saturated rings. The molecule has 0 saturated heterocycles. The molecular weight excluding hydrogens is 312 g/mol. The Hall–Kier alpha value is -3.01. The van der Waals surface area contributed by atoms with E-state index in [1.54, 1.807) is 29.3 Å². The Labute approximate surface area is 146 Å². The molecule has 2 aliphatic heterocycles. The van der Waals surface area contributed by atoms with E-state index < -0.39 is 5.54 Å². The summed E-state index contributed by atoms with van der Waals surface area (Å²) >= 11 is 0. The number of hydrogen-bond donors (Lipinski definition) is 0. The molecule has 0 atom stereocenters. The number of carbonyl (C=O) groups is 2. The molecule has 1 aromatic carbocycles. The van der Waals surface area contributed by atoms with Gasteiger partial charge in [-0.1, -0.05) is 30.3 Å². The molecule has 1 amide bonds. The van der Waals surface area contributed by atoms with E-state index in [9.17, 15) is 9.59 Å². The third kappa shape index (κ3) is 2.25. The molecule has 3 heterocycles. The van der Waals surface area contributed by atoms with Crippen molar-refractivity contribution in [1.82, 2.24) is 4.98 Å². The fourth-order valence-corrected chi connectivity index (χ4v) is 3.73. The largest absolute Gasteiger partial charge is 0.298 e. The van der Waals surface area contributed by atoms with Crippen LogP contribution in [0.15, 0.2) is 54.7 Å². The summed E-state index contributed by atoms with van der Waals surface area (Å²) in [6.07, 6.45) is 5.09. The lowest BCUT2D eigenvalue weighted by molar-refractivity contribution is -0.113. The van der Waals surface area contributed by atoms with E-state index in [1.807, 2.05) is 32.0 Å². The Kier molecular flexibility index (Phi) is 3.25. The van der Waals surface area contributed by atoms with E-state index in [0.717, 1.165) is 22.4 Å². The molecule has 124 valence electrons. The van der Waals surface area contributed by atoms with Gasteiger partial charge in [-0.3, -0.25) is 19.5 Å². The van der Waals surface area contributed by atoms with Crippen LogP contribution in [0.4, 0.5) is 5.69 Å². The van der Waals surface area contributed by atoms with Crippen LogP contribution in [0.5, 0.6) is 0 Å². The molecule has 0 saturated carbocycles. The second-order valence-electron chi connectivity index (χ2n) is 6.96. The minimum Gasteiger partial charge on any atom is -0.298 e. The van der Waals surface area contributed by atoms with Crippen LogP contribution in [0.2, 0.25) is 0 Å². The summed E-state index contributed by atoms with van der Waals surface area (Å²) in [7, 11) is 0. The number of rotatable bonds is 2. The summed E-state index contributed by atoms with van der Waals surface area (Å²) in [6.45, 7) is 6.08. The monoisotopic (exact) mass is 330 g/mol. The Morgan fingerprint density at radius 1 is 1.12 bits per heavy atom. The summed E-state index contributed by atoms with van der Waals surface area (Å²) in [4.78, 5) is 31.6. The van der Waals surface area contributed by atoms with Crippen LogP contribution < -0.4 is 4.90 Å². The summed E-state index contributed by atoms with van der Waals surface area (Å²) in [6, 6.07) is 11.0. The van der Waals surface area contributed by atoms with Gasteiger partial charge in [0.25, 0.3) is 5.91 Å². The number of amides is 1. The minimum atomic E-state index is -0.437. The maximum absolute atomic E-state index is 13.1. The van der Waals surface area contributed by atoms with Crippen LogP contribution in [0, 0.1) is 0 Å². The number of pyridine rings is 1. The quantitative estimate of drug-likeness (QED) is 0.620. The molecule has 4 nitrogen and oxygen atoms in total. The van der Waals surface area contributed by atoms with Gasteiger partial charge in [0.05, 0.1) is 16.8 Å². The zero-order valence-corrected chi connectivity index (χ0v) is 14.4. The van der Waals surface area contributed by atoms with Gasteiger partial charge in [-0.15, -0.1) is 0 Å². The summed E-state index contributed by atoms with van der Waals surface area (Å²) in [5.74, 6) is -0.399. The lowest BCUT2D eigenvalue weighted by Crippen LogP contribution is -2.46. The van der Waals surface area contributed by atoms with Crippen LogP contribution >= 0.6 is 0 Å². The molecule has 0 bridgehead atoms. The number of carbonyl (C=O) groups excluding carboxylic acids is 2. The van der Waals surface area contributed by atoms with Gasteiger partial charge in [0.1, 0.15) is 5.69 Å². The first-order valence-electron chi connectivity index (χ1n) is 8.25. The molecular formula is C21H18N2O2. The molecule has 0 aliphatic carbocycles. The van der Waals surface area contributed by atoms with Crippen molar-refractivity contribution >= 4 is 28.5 Å². The van der Waals surface area contributed by atoms with Gasteiger partial charge in [-0.05, 0) is 38.5 Å². The van der Waals surface area contributed by atoms with E-state index in [1.165, 1.54) is 6.08 Å². The van der Waals surface area contributed by atoms with Crippen LogP contribution in [0.3, 0.4) is 0 Å². The SMILES string of the molecule is CC1=CC(C)(C)N2C(=O)C(=CC(=O)c3ccccn3)c3cccc1c32. The van der Waals surface area contributed by atoms with Gasteiger partial charge in [0.2, 0.25) is 5.78 Å². The number of benzene rings is 1. The predicted molar refractivity (Wildman–Crippen MR) is 98.2 cm³/mol. The first-order chi connectivity index (χ1) is 11.9.